The van der Waals surface area contributed by atoms with Crippen LogP contribution in [0.3, 0.4) is 0 Å². The molecule has 3 aromatic carbocycles. The molecular formula is C29H28N4O2. The second-order valence-electron chi connectivity index (χ2n) is 9.27. The molecule has 2 amide bonds. The summed E-state index contributed by atoms with van der Waals surface area (Å²) >= 11 is 0. The van der Waals surface area contributed by atoms with Gasteiger partial charge in [-0.15, -0.1) is 0 Å². The second kappa shape index (κ2) is 8.87. The first kappa shape index (κ1) is 22.6. The van der Waals surface area contributed by atoms with Crippen molar-refractivity contribution in [2.45, 2.75) is 40.7 Å². The molecular weight excluding hydrogens is 436 g/mol. The molecule has 1 aliphatic rings. The summed E-state index contributed by atoms with van der Waals surface area (Å²) in [7, 11) is 0. The van der Waals surface area contributed by atoms with Gasteiger partial charge >= 0.3 is 6.03 Å². The lowest BCUT2D eigenvalue weighted by molar-refractivity contribution is 0.244. The van der Waals surface area contributed by atoms with Crippen molar-refractivity contribution in [3.8, 4) is 11.4 Å². The van der Waals surface area contributed by atoms with Gasteiger partial charge in [-0.3, -0.25) is 4.90 Å². The standard InChI is InChI=1S/C29H28N4O2/c1-17-9-11-22(12-10-17)26-25(28-31-27(32-35-28)23-8-6-7-18(2)14-23)21(5)33(29(34)30-26)24-15-19(3)13-20(4)16-24/h6-16,26H,1-5H3,(H,30,34). The normalized spacial score (nSPS) is 16.0. The summed E-state index contributed by atoms with van der Waals surface area (Å²) in [6.45, 7) is 10.1. The molecule has 0 fully saturated rings. The highest BCUT2D eigenvalue weighted by molar-refractivity contribution is 6.01. The van der Waals surface area contributed by atoms with Crippen molar-refractivity contribution in [1.82, 2.24) is 15.5 Å². The predicted molar refractivity (Wildman–Crippen MR) is 138 cm³/mol. The van der Waals surface area contributed by atoms with Gasteiger partial charge in [-0.05, 0) is 69.5 Å². The molecule has 5 rings (SSSR count). The predicted octanol–water partition coefficient (Wildman–Crippen LogP) is 6.67. The summed E-state index contributed by atoms with van der Waals surface area (Å²) in [6, 6.07) is 21.6. The van der Waals surface area contributed by atoms with Crippen LogP contribution in [-0.2, 0) is 0 Å². The van der Waals surface area contributed by atoms with Gasteiger partial charge < -0.3 is 9.84 Å². The van der Waals surface area contributed by atoms with Crippen LogP contribution < -0.4 is 10.2 Å². The maximum absolute atomic E-state index is 13.4. The summed E-state index contributed by atoms with van der Waals surface area (Å²) in [4.78, 5) is 19.9. The van der Waals surface area contributed by atoms with E-state index in [1.54, 1.807) is 4.90 Å². The van der Waals surface area contributed by atoms with Gasteiger partial charge in [0.15, 0.2) is 0 Å². The number of carbonyl (C=O) groups excluding carboxylic acids is 1. The Hall–Kier alpha value is -4.19. The molecule has 1 atom stereocenters. The number of nitrogens with zero attached hydrogens (tertiary/aromatic N) is 3. The Balaban J connectivity index is 1.67. The number of anilines is 1. The van der Waals surface area contributed by atoms with Crippen LogP contribution in [0.5, 0.6) is 0 Å². The zero-order valence-electron chi connectivity index (χ0n) is 20.6. The van der Waals surface area contributed by atoms with E-state index in [2.05, 4.69) is 16.5 Å². The fourth-order valence-corrected chi connectivity index (χ4v) is 4.65. The quantitative estimate of drug-likeness (QED) is 0.366. The molecule has 0 saturated heterocycles. The number of rotatable bonds is 4. The molecule has 2 heterocycles. The number of carbonyl (C=O) groups is 1. The second-order valence-corrected chi connectivity index (χ2v) is 9.27. The molecule has 6 heteroatoms. The topological polar surface area (TPSA) is 71.3 Å². The third kappa shape index (κ3) is 4.35. The minimum Gasteiger partial charge on any atom is -0.334 e. The number of hydrogen-bond acceptors (Lipinski definition) is 4. The summed E-state index contributed by atoms with van der Waals surface area (Å²) < 4.78 is 5.81. The Kier molecular flexibility index (Phi) is 5.73. The molecule has 176 valence electrons. The lowest BCUT2D eigenvalue weighted by atomic mass is 9.93. The molecule has 35 heavy (non-hydrogen) atoms. The minimum absolute atomic E-state index is 0.194. The van der Waals surface area contributed by atoms with Crippen molar-refractivity contribution < 1.29 is 9.32 Å². The summed E-state index contributed by atoms with van der Waals surface area (Å²) in [6.07, 6.45) is 0. The van der Waals surface area contributed by atoms with E-state index in [1.807, 2.05) is 95.3 Å². The van der Waals surface area contributed by atoms with Gasteiger partial charge in [-0.1, -0.05) is 64.8 Å². The van der Waals surface area contributed by atoms with Gasteiger partial charge in [0.2, 0.25) is 5.82 Å². The molecule has 1 unspecified atom stereocenters. The average molecular weight is 465 g/mol. The smallest absolute Gasteiger partial charge is 0.326 e. The Morgan fingerprint density at radius 2 is 1.54 bits per heavy atom. The zero-order chi connectivity index (χ0) is 24.7. The molecule has 0 radical (unpaired) electrons. The van der Waals surface area contributed by atoms with Gasteiger partial charge in [-0.2, -0.15) is 4.98 Å². The number of amides is 2. The van der Waals surface area contributed by atoms with Crippen LogP contribution in [0.4, 0.5) is 10.5 Å². The van der Waals surface area contributed by atoms with Crippen molar-refractivity contribution in [3.63, 3.8) is 0 Å². The lowest BCUT2D eigenvalue weighted by Gasteiger charge is -2.35. The van der Waals surface area contributed by atoms with Crippen molar-refractivity contribution in [3.05, 3.63) is 106 Å². The van der Waals surface area contributed by atoms with Crippen LogP contribution in [0.2, 0.25) is 0 Å². The van der Waals surface area contributed by atoms with Crippen LogP contribution in [-0.4, -0.2) is 16.2 Å². The highest BCUT2D eigenvalue weighted by Gasteiger charge is 2.36. The number of nitrogens with one attached hydrogen (secondary N) is 1. The molecule has 0 bridgehead atoms. The van der Waals surface area contributed by atoms with Crippen molar-refractivity contribution >= 4 is 17.3 Å². The Morgan fingerprint density at radius 3 is 2.23 bits per heavy atom. The van der Waals surface area contributed by atoms with Gasteiger partial charge in [0.25, 0.3) is 5.89 Å². The molecule has 1 N–H and O–H groups in total. The van der Waals surface area contributed by atoms with E-state index in [-0.39, 0.29) is 6.03 Å². The molecule has 1 aliphatic heterocycles. The number of benzene rings is 3. The fourth-order valence-electron chi connectivity index (χ4n) is 4.65. The van der Waals surface area contributed by atoms with E-state index >= 15 is 0 Å². The number of hydrogen-bond donors (Lipinski definition) is 1. The summed E-state index contributed by atoms with van der Waals surface area (Å²) in [5, 5.41) is 7.45. The average Bonchev–Trinajstić information content (AvgIpc) is 3.28. The first-order valence-electron chi connectivity index (χ1n) is 11.7. The number of allylic oxidation sites excluding steroid dienone is 1. The van der Waals surface area contributed by atoms with E-state index in [0.29, 0.717) is 11.7 Å². The summed E-state index contributed by atoms with van der Waals surface area (Å²) in [5.74, 6) is 0.903. The fraction of sp³-hybridized carbons (Fsp3) is 0.207. The van der Waals surface area contributed by atoms with Gasteiger partial charge in [-0.25, -0.2) is 4.79 Å². The van der Waals surface area contributed by atoms with Gasteiger partial charge in [0.1, 0.15) is 0 Å². The highest BCUT2D eigenvalue weighted by atomic mass is 16.5. The minimum atomic E-state index is -0.420. The van der Waals surface area contributed by atoms with Crippen molar-refractivity contribution in [1.29, 1.82) is 0 Å². The van der Waals surface area contributed by atoms with Crippen molar-refractivity contribution in [2.75, 3.05) is 4.90 Å². The Morgan fingerprint density at radius 1 is 0.829 bits per heavy atom. The first-order valence-corrected chi connectivity index (χ1v) is 11.7. The van der Waals surface area contributed by atoms with E-state index in [4.69, 9.17) is 9.51 Å². The van der Waals surface area contributed by atoms with E-state index < -0.39 is 6.04 Å². The zero-order valence-corrected chi connectivity index (χ0v) is 20.6. The third-order valence-corrected chi connectivity index (χ3v) is 6.29. The van der Waals surface area contributed by atoms with Crippen LogP contribution in [0.25, 0.3) is 17.0 Å². The molecule has 4 aromatic rings. The van der Waals surface area contributed by atoms with E-state index in [1.165, 1.54) is 0 Å². The van der Waals surface area contributed by atoms with Gasteiger partial charge in [0, 0.05) is 11.3 Å². The van der Waals surface area contributed by atoms with E-state index in [0.717, 1.165) is 50.3 Å². The summed E-state index contributed by atoms with van der Waals surface area (Å²) in [5.41, 5.74) is 8.61. The third-order valence-electron chi connectivity index (χ3n) is 6.29. The van der Waals surface area contributed by atoms with E-state index in [9.17, 15) is 4.79 Å². The largest absolute Gasteiger partial charge is 0.334 e. The van der Waals surface area contributed by atoms with Gasteiger partial charge in [0.05, 0.1) is 17.3 Å². The number of aryl methyl sites for hydroxylation is 4. The van der Waals surface area contributed by atoms with Crippen molar-refractivity contribution in [2.24, 2.45) is 0 Å². The molecule has 0 spiro atoms. The molecule has 0 saturated carbocycles. The SMILES string of the molecule is CC1=C(c2nc(-c3cccc(C)c3)no2)C(c2ccc(C)cc2)NC(=O)N1c1cc(C)cc(C)c1. The molecule has 0 aliphatic carbocycles. The highest BCUT2D eigenvalue weighted by Crippen LogP contribution is 2.39. The lowest BCUT2D eigenvalue weighted by Crippen LogP contribution is -2.46. The number of aromatic nitrogens is 2. The van der Waals surface area contributed by atoms with Crippen LogP contribution in [0.15, 0.2) is 77.0 Å². The molecule has 1 aromatic heterocycles. The number of urea groups is 1. The first-order chi connectivity index (χ1) is 16.8. The van der Waals surface area contributed by atoms with Crippen LogP contribution in [0.1, 0.15) is 46.7 Å². The monoisotopic (exact) mass is 464 g/mol. The maximum Gasteiger partial charge on any atom is 0.326 e. The Labute approximate surface area is 205 Å². The van der Waals surface area contributed by atoms with Crippen LogP contribution in [0, 0.1) is 27.7 Å². The Bertz CT molecular complexity index is 1430. The maximum atomic E-state index is 13.4. The molecule has 6 nitrogen and oxygen atoms in total. The van der Waals surface area contributed by atoms with Crippen LogP contribution >= 0.6 is 0 Å².